The van der Waals surface area contributed by atoms with Gasteiger partial charge in [-0.05, 0) is 80.2 Å². The van der Waals surface area contributed by atoms with E-state index < -0.39 is 5.72 Å². The molecule has 1 aromatic rings. The molecule has 0 aromatic heterocycles. The monoisotopic (exact) mass is 350 g/mol. The Morgan fingerprint density at radius 2 is 1.85 bits per heavy atom. The number of azo groups is 1. The smallest absolute Gasteiger partial charge is 0.199 e. The maximum absolute atomic E-state index is 10.8. The van der Waals surface area contributed by atoms with Gasteiger partial charge in [0.05, 0.1) is 5.69 Å². The van der Waals surface area contributed by atoms with Gasteiger partial charge >= 0.3 is 0 Å². The summed E-state index contributed by atoms with van der Waals surface area (Å²) >= 11 is 0. The van der Waals surface area contributed by atoms with Crippen molar-refractivity contribution in [2.24, 2.45) is 10.2 Å². The summed E-state index contributed by atoms with van der Waals surface area (Å²) in [5.74, 6) is 0.704. The summed E-state index contributed by atoms with van der Waals surface area (Å²) in [6.07, 6.45) is 15.9. The van der Waals surface area contributed by atoms with Crippen molar-refractivity contribution in [1.82, 2.24) is 0 Å². The van der Waals surface area contributed by atoms with E-state index in [-0.39, 0.29) is 0 Å². The number of aryl methyl sites for hydroxylation is 1. The molecule has 1 N–H and O–H groups in total. The molecule has 0 amide bonds. The SMILES string of the molecule is Cc1cc(C2CCCCC2)ccc1N=NC1(O)C=CC2=C(CCCC2)C1. The zero-order chi connectivity index (χ0) is 18.0. The summed E-state index contributed by atoms with van der Waals surface area (Å²) < 4.78 is 0. The van der Waals surface area contributed by atoms with Gasteiger partial charge < -0.3 is 5.11 Å². The highest BCUT2D eigenvalue weighted by atomic mass is 16.3. The highest BCUT2D eigenvalue weighted by Gasteiger charge is 2.30. The van der Waals surface area contributed by atoms with Crippen molar-refractivity contribution in [3.63, 3.8) is 0 Å². The van der Waals surface area contributed by atoms with Gasteiger partial charge in [0.25, 0.3) is 0 Å². The highest BCUT2D eigenvalue weighted by molar-refractivity contribution is 5.47. The largest absolute Gasteiger partial charge is 0.364 e. The number of hydrogen-bond donors (Lipinski definition) is 1. The van der Waals surface area contributed by atoms with Crippen molar-refractivity contribution in [2.75, 3.05) is 0 Å². The van der Waals surface area contributed by atoms with Gasteiger partial charge in [0.1, 0.15) is 0 Å². The van der Waals surface area contributed by atoms with Gasteiger partial charge in [-0.15, -0.1) is 5.11 Å². The average molecular weight is 351 g/mol. The van der Waals surface area contributed by atoms with Gasteiger partial charge in [-0.2, -0.15) is 5.11 Å². The van der Waals surface area contributed by atoms with E-state index in [9.17, 15) is 5.11 Å². The molecule has 1 unspecified atom stereocenters. The van der Waals surface area contributed by atoms with Crippen molar-refractivity contribution in [3.8, 4) is 0 Å². The van der Waals surface area contributed by atoms with Gasteiger partial charge in [-0.1, -0.05) is 43.0 Å². The molecule has 3 heteroatoms. The molecule has 0 spiro atoms. The summed E-state index contributed by atoms with van der Waals surface area (Å²) in [6.45, 7) is 2.10. The lowest BCUT2D eigenvalue weighted by atomic mass is 9.83. The molecular weight excluding hydrogens is 320 g/mol. The molecule has 0 aliphatic heterocycles. The van der Waals surface area contributed by atoms with Crippen LogP contribution in [0.2, 0.25) is 0 Å². The normalized spacial score (nSPS) is 27.2. The average Bonchev–Trinajstić information content (AvgIpc) is 2.67. The third-order valence-electron chi connectivity index (χ3n) is 6.28. The van der Waals surface area contributed by atoms with Crippen molar-refractivity contribution in [2.45, 2.75) is 82.8 Å². The lowest BCUT2D eigenvalue weighted by Gasteiger charge is -2.29. The lowest BCUT2D eigenvalue weighted by Crippen LogP contribution is -2.26. The van der Waals surface area contributed by atoms with Crippen LogP contribution >= 0.6 is 0 Å². The molecule has 1 saturated carbocycles. The minimum absolute atomic E-state index is 0.599. The quantitative estimate of drug-likeness (QED) is 0.610. The molecule has 4 rings (SSSR count). The van der Waals surface area contributed by atoms with Gasteiger partial charge in [0.15, 0.2) is 5.72 Å². The second kappa shape index (κ2) is 7.48. The standard InChI is InChI=1S/C23H30N2O/c1-17-15-20(18-7-3-2-4-8-18)11-12-22(17)24-25-23(26)14-13-19-9-5-6-10-21(19)16-23/h11-15,18,26H,2-10,16H2,1H3. The molecule has 3 nitrogen and oxygen atoms in total. The van der Waals surface area contributed by atoms with Crippen molar-refractivity contribution < 1.29 is 5.11 Å². The van der Waals surface area contributed by atoms with Crippen LogP contribution in [0, 0.1) is 6.92 Å². The third kappa shape index (κ3) is 3.83. The molecule has 1 aromatic carbocycles. The van der Waals surface area contributed by atoms with E-state index in [4.69, 9.17) is 0 Å². The molecule has 3 aliphatic rings. The van der Waals surface area contributed by atoms with Crippen LogP contribution in [0.5, 0.6) is 0 Å². The van der Waals surface area contributed by atoms with Crippen LogP contribution in [-0.2, 0) is 0 Å². The zero-order valence-electron chi connectivity index (χ0n) is 15.9. The first kappa shape index (κ1) is 17.7. The Morgan fingerprint density at radius 1 is 1.04 bits per heavy atom. The number of aliphatic hydroxyl groups is 1. The van der Waals surface area contributed by atoms with Crippen LogP contribution in [0.4, 0.5) is 5.69 Å². The minimum atomic E-state index is -1.18. The summed E-state index contributed by atoms with van der Waals surface area (Å²) in [5, 5.41) is 19.6. The predicted molar refractivity (Wildman–Crippen MR) is 106 cm³/mol. The Hall–Kier alpha value is -1.74. The van der Waals surface area contributed by atoms with Crippen LogP contribution in [0.25, 0.3) is 0 Å². The van der Waals surface area contributed by atoms with E-state index in [0.29, 0.717) is 12.3 Å². The van der Waals surface area contributed by atoms with Gasteiger partial charge in [0.2, 0.25) is 0 Å². The number of allylic oxidation sites excluding steroid dienone is 2. The number of hydrogen-bond acceptors (Lipinski definition) is 3. The van der Waals surface area contributed by atoms with E-state index in [1.54, 1.807) is 0 Å². The van der Waals surface area contributed by atoms with Gasteiger partial charge in [-0.25, -0.2) is 0 Å². The van der Waals surface area contributed by atoms with Crippen molar-refractivity contribution >= 4 is 5.69 Å². The van der Waals surface area contributed by atoms with Crippen LogP contribution < -0.4 is 0 Å². The topological polar surface area (TPSA) is 45.0 Å². The van der Waals surface area contributed by atoms with Crippen molar-refractivity contribution in [3.05, 3.63) is 52.6 Å². The zero-order valence-corrected chi connectivity index (χ0v) is 15.9. The van der Waals surface area contributed by atoms with Gasteiger partial charge in [0, 0.05) is 6.42 Å². The molecule has 3 aliphatic carbocycles. The lowest BCUT2D eigenvalue weighted by molar-refractivity contribution is 0.0902. The number of benzene rings is 1. The minimum Gasteiger partial charge on any atom is -0.364 e. The Balaban J connectivity index is 1.48. The van der Waals surface area contributed by atoms with E-state index >= 15 is 0 Å². The van der Waals surface area contributed by atoms with Crippen molar-refractivity contribution in [1.29, 1.82) is 0 Å². The first-order valence-corrected chi connectivity index (χ1v) is 10.3. The number of nitrogens with zero attached hydrogens (tertiary/aromatic N) is 2. The Bertz CT molecular complexity index is 755. The fourth-order valence-corrected chi connectivity index (χ4v) is 4.69. The molecule has 0 radical (unpaired) electrons. The first-order chi connectivity index (χ1) is 12.6. The second-order valence-corrected chi connectivity index (χ2v) is 8.31. The van der Waals surface area contributed by atoms with Crippen LogP contribution in [0.15, 0.2) is 51.7 Å². The van der Waals surface area contributed by atoms with Crippen LogP contribution in [0.1, 0.15) is 81.3 Å². The predicted octanol–water partition coefficient (Wildman–Crippen LogP) is 6.65. The molecule has 26 heavy (non-hydrogen) atoms. The molecule has 0 saturated heterocycles. The highest BCUT2D eigenvalue weighted by Crippen LogP contribution is 2.38. The summed E-state index contributed by atoms with van der Waals surface area (Å²) in [4.78, 5) is 0. The van der Waals surface area contributed by atoms with Gasteiger partial charge in [-0.3, -0.25) is 0 Å². The Morgan fingerprint density at radius 3 is 2.65 bits per heavy atom. The second-order valence-electron chi connectivity index (χ2n) is 8.31. The summed E-state index contributed by atoms with van der Waals surface area (Å²) in [7, 11) is 0. The van der Waals surface area contributed by atoms with Crippen LogP contribution in [0.3, 0.4) is 0 Å². The van der Waals surface area contributed by atoms with E-state index in [1.165, 1.54) is 61.7 Å². The number of rotatable bonds is 3. The molecule has 1 fully saturated rings. The fraction of sp³-hybridized carbons (Fsp3) is 0.565. The van der Waals surface area contributed by atoms with E-state index in [0.717, 1.165) is 24.1 Å². The van der Waals surface area contributed by atoms with E-state index in [2.05, 4.69) is 41.4 Å². The molecule has 0 bridgehead atoms. The molecular formula is C23H30N2O. The molecule has 138 valence electrons. The third-order valence-corrected chi connectivity index (χ3v) is 6.28. The molecule has 0 heterocycles. The maximum Gasteiger partial charge on any atom is 0.199 e. The maximum atomic E-state index is 10.8. The first-order valence-electron chi connectivity index (χ1n) is 10.3. The van der Waals surface area contributed by atoms with E-state index in [1.807, 2.05) is 6.08 Å². The molecule has 1 atom stereocenters. The Kier molecular flexibility index (Phi) is 5.08. The Labute approximate surface area is 156 Å². The fourth-order valence-electron chi connectivity index (χ4n) is 4.69. The summed E-state index contributed by atoms with van der Waals surface area (Å²) in [6, 6.07) is 6.55. The van der Waals surface area contributed by atoms with Crippen LogP contribution in [-0.4, -0.2) is 10.8 Å². The summed E-state index contributed by atoms with van der Waals surface area (Å²) in [5.41, 5.74) is 5.06.